The Morgan fingerprint density at radius 2 is 1.89 bits per heavy atom. The highest BCUT2D eigenvalue weighted by molar-refractivity contribution is 5.99. The fourth-order valence-corrected chi connectivity index (χ4v) is 3.56. The molecule has 0 spiro atoms. The second-order valence-corrected chi connectivity index (χ2v) is 6.87. The number of nitrogens with zero attached hydrogens (tertiary/aromatic N) is 1. The second-order valence-electron chi connectivity index (χ2n) is 6.87. The molecule has 7 nitrogen and oxygen atoms in total. The van der Waals surface area contributed by atoms with Crippen molar-refractivity contribution < 1.29 is 19.2 Å². The molecule has 148 valence electrons. The minimum Gasteiger partial charge on any atom is -0.494 e. The van der Waals surface area contributed by atoms with E-state index >= 15 is 0 Å². The summed E-state index contributed by atoms with van der Waals surface area (Å²) in [7, 11) is 0. The molecule has 0 atom stereocenters. The maximum Gasteiger partial charge on any atom is 0.269 e. The summed E-state index contributed by atoms with van der Waals surface area (Å²) >= 11 is 0. The van der Waals surface area contributed by atoms with Gasteiger partial charge in [-0.1, -0.05) is 12.1 Å². The van der Waals surface area contributed by atoms with E-state index in [-0.39, 0.29) is 11.6 Å². The highest BCUT2D eigenvalue weighted by Gasteiger charge is 2.42. The molecule has 1 amide bonds. The van der Waals surface area contributed by atoms with Crippen LogP contribution in [0.2, 0.25) is 0 Å². The third-order valence-corrected chi connectivity index (χ3v) is 5.14. The van der Waals surface area contributed by atoms with Gasteiger partial charge in [0.1, 0.15) is 5.75 Å². The molecule has 1 saturated heterocycles. The van der Waals surface area contributed by atoms with Gasteiger partial charge in [0.25, 0.3) is 5.69 Å². The fourth-order valence-electron chi connectivity index (χ4n) is 3.56. The molecule has 1 N–H and O–H groups in total. The number of amides is 1. The average molecular weight is 384 g/mol. The lowest BCUT2D eigenvalue weighted by Crippen LogP contribution is -2.44. The van der Waals surface area contributed by atoms with Crippen molar-refractivity contribution >= 4 is 17.3 Å². The Labute approximate surface area is 163 Å². The standard InChI is InChI=1S/C21H24N2O5/c1-3-28-19-9-6-17(14-15(19)2)22-20(24)21(10-12-27-13-11-21)16-4-7-18(8-5-16)23(25)26/h4-9,14H,3,10-13H2,1-2H3,(H,22,24). The van der Waals surface area contributed by atoms with Gasteiger partial charge in [0, 0.05) is 31.0 Å². The van der Waals surface area contributed by atoms with Gasteiger partial charge in [-0.3, -0.25) is 14.9 Å². The van der Waals surface area contributed by atoms with Crippen molar-refractivity contribution in [3.8, 4) is 5.75 Å². The summed E-state index contributed by atoms with van der Waals surface area (Å²) in [5.41, 5.74) is 1.63. The van der Waals surface area contributed by atoms with Crippen LogP contribution in [0, 0.1) is 17.0 Å². The van der Waals surface area contributed by atoms with Crippen molar-refractivity contribution in [1.82, 2.24) is 0 Å². The van der Waals surface area contributed by atoms with Crippen LogP contribution in [0.1, 0.15) is 30.9 Å². The van der Waals surface area contributed by atoms with E-state index in [1.54, 1.807) is 12.1 Å². The van der Waals surface area contributed by atoms with E-state index in [0.717, 1.165) is 16.9 Å². The van der Waals surface area contributed by atoms with Crippen molar-refractivity contribution in [3.05, 3.63) is 63.7 Å². The third-order valence-electron chi connectivity index (χ3n) is 5.14. The van der Waals surface area contributed by atoms with E-state index in [9.17, 15) is 14.9 Å². The lowest BCUT2D eigenvalue weighted by molar-refractivity contribution is -0.384. The SMILES string of the molecule is CCOc1ccc(NC(=O)C2(c3ccc([N+](=O)[O-])cc3)CCOCC2)cc1C. The van der Waals surface area contributed by atoms with E-state index in [1.165, 1.54) is 12.1 Å². The van der Waals surface area contributed by atoms with Crippen molar-refractivity contribution in [2.45, 2.75) is 32.1 Å². The molecule has 0 bridgehead atoms. The predicted molar refractivity (Wildman–Crippen MR) is 106 cm³/mol. The predicted octanol–water partition coefficient (Wildman–Crippen LogP) is 3.99. The smallest absolute Gasteiger partial charge is 0.269 e. The number of carbonyl (C=O) groups is 1. The van der Waals surface area contributed by atoms with Gasteiger partial charge < -0.3 is 14.8 Å². The maximum atomic E-state index is 13.3. The molecule has 1 fully saturated rings. The summed E-state index contributed by atoms with van der Waals surface area (Å²) in [4.78, 5) is 23.8. The molecule has 3 rings (SSSR count). The molecule has 0 saturated carbocycles. The van der Waals surface area contributed by atoms with Gasteiger partial charge in [-0.25, -0.2) is 0 Å². The zero-order valence-corrected chi connectivity index (χ0v) is 16.1. The number of anilines is 1. The van der Waals surface area contributed by atoms with Crippen molar-refractivity contribution in [2.75, 3.05) is 25.1 Å². The molecule has 1 aliphatic heterocycles. The van der Waals surface area contributed by atoms with Gasteiger partial charge in [-0.2, -0.15) is 0 Å². The molecule has 1 heterocycles. The molecule has 0 aromatic heterocycles. The minimum atomic E-state index is -0.778. The van der Waals surface area contributed by atoms with Crippen LogP contribution in [0.25, 0.3) is 0 Å². The number of nitro groups is 1. The summed E-state index contributed by atoms with van der Waals surface area (Å²) in [5.74, 6) is 0.657. The van der Waals surface area contributed by atoms with Crippen LogP contribution in [0.15, 0.2) is 42.5 Å². The van der Waals surface area contributed by atoms with E-state index in [4.69, 9.17) is 9.47 Å². The molecule has 2 aromatic rings. The Hall–Kier alpha value is -2.93. The van der Waals surface area contributed by atoms with Crippen LogP contribution >= 0.6 is 0 Å². The van der Waals surface area contributed by atoms with Crippen molar-refractivity contribution in [3.63, 3.8) is 0 Å². The quantitative estimate of drug-likeness (QED) is 0.601. The second kappa shape index (κ2) is 8.39. The number of ether oxygens (including phenoxy) is 2. The summed E-state index contributed by atoms with van der Waals surface area (Å²) < 4.78 is 11.0. The molecular weight excluding hydrogens is 360 g/mol. The van der Waals surface area contributed by atoms with Gasteiger partial charge in [-0.05, 0) is 56.0 Å². The Balaban J connectivity index is 1.88. The van der Waals surface area contributed by atoms with Crippen molar-refractivity contribution in [2.24, 2.45) is 0 Å². The van der Waals surface area contributed by atoms with Crippen molar-refractivity contribution in [1.29, 1.82) is 0 Å². The zero-order chi connectivity index (χ0) is 20.1. The summed E-state index contributed by atoms with van der Waals surface area (Å²) in [6, 6.07) is 11.8. The van der Waals surface area contributed by atoms with E-state index in [1.807, 2.05) is 32.0 Å². The van der Waals surface area contributed by atoms with Gasteiger partial charge in [0.05, 0.1) is 16.9 Å². The van der Waals surface area contributed by atoms with Crippen LogP contribution in [0.3, 0.4) is 0 Å². The number of nitro benzene ring substituents is 1. The monoisotopic (exact) mass is 384 g/mol. The molecule has 7 heteroatoms. The molecule has 0 unspecified atom stereocenters. The first-order valence-electron chi connectivity index (χ1n) is 9.34. The Bertz CT molecular complexity index is 858. The first kappa shape index (κ1) is 19.8. The number of non-ortho nitro benzene ring substituents is 1. The summed E-state index contributed by atoms with van der Waals surface area (Å²) in [6.07, 6.45) is 1.04. The van der Waals surface area contributed by atoms with Gasteiger partial charge in [0.15, 0.2) is 0 Å². The van der Waals surface area contributed by atoms with E-state index < -0.39 is 10.3 Å². The van der Waals surface area contributed by atoms with E-state index in [2.05, 4.69) is 5.32 Å². The number of nitrogens with one attached hydrogen (secondary N) is 1. The first-order chi connectivity index (χ1) is 13.5. The zero-order valence-electron chi connectivity index (χ0n) is 16.1. The van der Waals surface area contributed by atoms with E-state index in [0.29, 0.717) is 38.3 Å². The number of hydrogen-bond donors (Lipinski definition) is 1. The Morgan fingerprint density at radius 1 is 1.21 bits per heavy atom. The summed E-state index contributed by atoms with van der Waals surface area (Å²) in [5, 5.41) is 14.0. The molecular formula is C21H24N2O5. The molecule has 1 aliphatic rings. The normalized spacial score (nSPS) is 15.6. The maximum absolute atomic E-state index is 13.3. The van der Waals surface area contributed by atoms with Crippen LogP contribution in [-0.4, -0.2) is 30.7 Å². The Morgan fingerprint density at radius 3 is 2.46 bits per heavy atom. The fraction of sp³-hybridized carbons (Fsp3) is 0.381. The van der Waals surface area contributed by atoms with Crippen LogP contribution in [-0.2, 0) is 14.9 Å². The highest BCUT2D eigenvalue weighted by Crippen LogP contribution is 2.37. The Kier molecular flexibility index (Phi) is 5.94. The summed E-state index contributed by atoms with van der Waals surface area (Å²) in [6.45, 7) is 5.37. The molecule has 2 aromatic carbocycles. The van der Waals surface area contributed by atoms with Crippen LogP contribution < -0.4 is 10.1 Å². The molecule has 0 radical (unpaired) electrons. The number of rotatable bonds is 6. The van der Waals surface area contributed by atoms with Crippen LogP contribution in [0.5, 0.6) is 5.75 Å². The number of aryl methyl sites for hydroxylation is 1. The topological polar surface area (TPSA) is 90.7 Å². The van der Waals surface area contributed by atoms with Gasteiger partial charge in [-0.15, -0.1) is 0 Å². The number of carbonyl (C=O) groups excluding carboxylic acids is 1. The number of hydrogen-bond acceptors (Lipinski definition) is 5. The molecule has 0 aliphatic carbocycles. The first-order valence-corrected chi connectivity index (χ1v) is 9.34. The third kappa shape index (κ3) is 3.99. The van der Waals surface area contributed by atoms with Gasteiger partial charge in [0.2, 0.25) is 5.91 Å². The largest absolute Gasteiger partial charge is 0.494 e. The van der Waals surface area contributed by atoms with Crippen LogP contribution in [0.4, 0.5) is 11.4 Å². The molecule has 28 heavy (non-hydrogen) atoms. The highest BCUT2D eigenvalue weighted by atomic mass is 16.6. The number of benzene rings is 2. The minimum absolute atomic E-state index is 0.00788. The lowest BCUT2D eigenvalue weighted by Gasteiger charge is -2.36. The average Bonchev–Trinajstić information content (AvgIpc) is 2.70. The van der Waals surface area contributed by atoms with Gasteiger partial charge >= 0.3 is 0 Å². The lowest BCUT2D eigenvalue weighted by atomic mass is 9.73.